The Morgan fingerprint density at radius 3 is 2.61 bits per heavy atom. The maximum Gasteiger partial charge on any atom is 0.573 e. The molecule has 1 amide bonds. The van der Waals surface area contributed by atoms with Gasteiger partial charge in [-0.15, -0.1) is 18.3 Å². The fourth-order valence-corrected chi connectivity index (χ4v) is 5.60. The predicted octanol–water partition coefficient (Wildman–Crippen LogP) is 5.81. The van der Waals surface area contributed by atoms with Crippen molar-refractivity contribution in [3.63, 3.8) is 0 Å². The predicted molar refractivity (Wildman–Crippen MR) is 164 cm³/mol. The molecule has 0 spiro atoms. The molecule has 0 aliphatic carbocycles. The number of thioether (sulfide) groups is 1. The number of hydrogen-bond acceptors (Lipinski definition) is 8. The number of amidine groups is 1. The van der Waals surface area contributed by atoms with Gasteiger partial charge in [0.2, 0.25) is 12.3 Å². The smallest absolute Gasteiger partial charge is 0.406 e. The average Bonchev–Trinajstić information content (AvgIpc) is 3.60. The van der Waals surface area contributed by atoms with Crippen LogP contribution in [0.1, 0.15) is 36.5 Å². The summed E-state index contributed by atoms with van der Waals surface area (Å²) in [5.74, 6) is 0.513. The number of benzene rings is 3. The number of amides is 1. The van der Waals surface area contributed by atoms with Gasteiger partial charge in [-0.05, 0) is 66.8 Å². The number of carbonyl (C=O) groups is 1. The van der Waals surface area contributed by atoms with Crippen LogP contribution >= 0.6 is 11.8 Å². The molecule has 1 unspecified atom stereocenters. The highest BCUT2D eigenvalue weighted by Crippen LogP contribution is 2.34. The van der Waals surface area contributed by atoms with Crippen molar-refractivity contribution in [3.8, 4) is 22.8 Å². The van der Waals surface area contributed by atoms with E-state index in [-0.39, 0.29) is 23.3 Å². The molecule has 1 saturated heterocycles. The molecule has 0 bridgehead atoms. The Morgan fingerprint density at radius 2 is 1.89 bits per heavy atom. The normalized spacial score (nSPS) is 15.4. The standard InChI is InChI=1S/C31H31F3N6O3S/c1-19(2)25-15-20(3)7-12-26(25)40-27(41)17-44-30(40)37-29(42)35-14-13-21-5-4-6-22(16-21)28-36-18-39(38-28)23-8-10-24(11-9-23)43-31(32,33)34/h4-12,15-16,18-19,29,35,42H,13-14,17H2,1-3H3/b37-30-. The van der Waals surface area contributed by atoms with Crippen LogP contribution in [0, 0.1) is 6.92 Å². The van der Waals surface area contributed by atoms with Crippen molar-refractivity contribution in [2.24, 2.45) is 4.99 Å². The Labute approximate surface area is 256 Å². The molecule has 5 rings (SSSR count). The van der Waals surface area contributed by atoms with Gasteiger partial charge in [-0.2, -0.15) is 0 Å². The number of alkyl halides is 3. The maximum absolute atomic E-state index is 12.8. The molecule has 13 heteroatoms. The number of halogens is 3. The number of nitrogens with zero attached hydrogens (tertiary/aromatic N) is 5. The van der Waals surface area contributed by atoms with Gasteiger partial charge in [0.25, 0.3) is 0 Å². The van der Waals surface area contributed by atoms with Gasteiger partial charge in [-0.1, -0.05) is 61.5 Å². The number of anilines is 1. The maximum atomic E-state index is 12.8. The highest BCUT2D eigenvalue weighted by atomic mass is 32.2. The first-order valence-electron chi connectivity index (χ1n) is 13.9. The average molecular weight is 625 g/mol. The van der Waals surface area contributed by atoms with Crippen LogP contribution in [0.3, 0.4) is 0 Å². The second-order valence-corrected chi connectivity index (χ2v) is 11.4. The molecular formula is C31H31F3N6O3S. The minimum absolute atomic E-state index is 0.0768. The first-order chi connectivity index (χ1) is 21.0. The summed E-state index contributed by atoms with van der Waals surface area (Å²) < 4.78 is 42.7. The van der Waals surface area contributed by atoms with Crippen molar-refractivity contribution in [2.45, 2.75) is 45.8 Å². The van der Waals surface area contributed by atoms with Crippen LogP contribution in [0.5, 0.6) is 5.75 Å². The van der Waals surface area contributed by atoms with Crippen molar-refractivity contribution in [2.75, 3.05) is 17.2 Å². The lowest BCUT2D eigenvalue weighted by Gasteiger charge is -2.23. The number of nitrogens with one attached hydrogen (secondary N) is 1. The van der Waals surface area contributed by atoms with E-state index in [0.717, 1.165) is 27.9 Å². The Balaban J connectivity index is 1.21. The third-order valence-corrected chi connectivity index (χ3v) is 7.73. The van der Waals surface area contributed by atoms with E-state index in [1.165, 1.54) is 47.0 Å². The van der Waals surface area contributed by atoms with Crippen LogP contribution in [-0.4, -0.2) is 56.0 Å². The zero-order valence-electron chi connectivity index (χ0n) is 24.2. The van der Waals surface area contributed by atoms with Gasteiger partial charge >= 0.3 is 6.36 Å². The van der Waals surface area contributed by atoms with Crippen LogP contribution in [-0.2, 0) is 11.2 Å². The summed E-state index contributed by atoms with van der Waals surface area (Å²) in [4.78, 5) is 23.1. The zero-order valence-corrected chi connectivity index (χ0v) is 25.1. The third-order valence-electron chi connectivity index (χ3n) is 6.80. The fraction of sp³-hybridized carbons (Fsp3) is 0.290. The van der Waals surface area contributed by atoms with Crippen LogP contribution in [0.4, 0.5) is 18.9 Å². The molecule has 0 saturated carbocycles. The number of aliphatic hydroxyl groups is 1. The van der Waals surface area contributed by atoms with Gasteiger partial charge in [-0.25, -0.2) is 14.7 Å². The molecule has 0 radical (unpaired) electrons. The number of aryl methyl sites for hydroxylation is 1. The number of rotatable bonds is 10. The first-order valence-corrected chi connectivity index (χ1v) is 14.9. The summed E-state index contributed by atoms with van der Waals surface area (Å²) in [7, 11) is 0. The van der Waals surface area contributed by atoms with E-state index >= 15 is 0 Å². The number of aliphatic hydroxyl groups excluding tert-OH is 1. The van der Waals surface area contributed by atoms with Crippen LogP contribution in [0.2, 0.25) is 0 Å². The van der Waals surface area contributed by atoms with Crippen molar-refractivity contribution in [1.82, 2.24) is 20.1 Å². The first kappa shape index (κ1) is 31.2. The van der Waals surface area contributed by atoms with E-state index in [4.69, 9.17) is 0 Å². The van der Waals surface area contributed by atoms with E-state index in [2.05, 4.69) is 45.0 Å². The van der Waals surface area contributed by atoms with E-state index in [9.17, 15) is 23.1 Å². The van der Waals surface area contributed by atoms with E-state index in [1.54, 1.807) is 4.90 Å². The zero-order chi connectivity index (χ0) is 31.4. The minimum atomic E-state index is -4.76. The number of aliphatic imine (C=N–C) groups is 1. The lowest BCUT2D eigenvalue weighted by Crippen LogP contribution is -2.35. The van der Waals surface area contributed by atoms with Crippen molar-refractivity contribution >= 4 is 28.5 Å². The molecule has 2 heterocycles. The number of hydrogen-bond donors (Lipinski definition) is 2. The lowest BCUT2D eigenvalue weighted by molar-refractivity contribution is -0.274. The molecule has 1 aliphatic heterocycles. The van der Waals surface area contributed by atoms with Crippen LogP contribution in [0.25, 0.3) is 17.1 Å². The monoisotopic (exact) mass is 624 g/mol. The van der Waals surface area contributed by atoms with Gasteiger partial charge in [0, 0.05) is 12.1 Å². The molecule has 1 aliphatic rings. The van der Waals surface area contributed by atoms with Crippen molar-refractivity contribution in [1.29, 1.82) is 0 Å². The summed E-state index contributed by atoms with van der Waals surface area (Å²) in [5.41, 5.74) is 5.19. The SMILES string of the molecule is Cc1ccc(N2C(=O)CS/C2=N\C(O)NCCc2cccc(-c3ncn(-c4ccc(OC(F)(F)F)cc4)n3)c2)c(C(C)C)c1. The molecule has 1 atom stereocenters. The molecular weight excluding hydrogens is 593 g/mol. The Kier molecular flexibility index (Phi) is 9.37. The second-order valence-electron chi connectivity index (χ2n) is 10.5. The molecule has 1 fully saturated rings. The lowest BCUT2D eigenvalue weighted by atomic mass is 9.98. The Bertz CT molecular complexity index is 1660. The van der Waals surface area contributed by atoms with Gasteiger partial charge in [0.1, 0.15) is 12.1 Å². The highest BCUT2D eigenvalue weighted by Gasteiger charge is 2.32. The fourth-order valence-electron chi connectivity index (χ4n) is 4.72. The highest BCUT2D eigenvalue weighted by molar-refractivity contribution is 8.15. The number of ether oxygens (including phenoxy) is 1. The molecule has 44 heavy (non-hydrogen) atoms. The van der Waals surface area contributed by atoms with E-state index in [0.29, 0.717) is 29.6 Å². The quantitative estimate of drug-likeness (QED) is 0.215. The number of aromatic nitrogens is 3. The summed E-state index contributed by atoms with van der Waals surface area (Å²) in [6, 6.07) is 18.9. The third kappa shape index (κ3) is 7.65. The molecule has 1 aromatic heterocycles. The van der Waals surface area contributed by atoms with Crippen LogP contribution < -0.4 is 15.0 Å². The van der Waals surface area contributed by atoms with Crippen LogP contribution in [0.15, 0.2) is 78.0 Å². The molecule has 230 valence electrons. The van der Waals surface area contributed by atoms with Gasteiger partial charge in [0.05, 0.1) is 17.1 Å². The van der Waals surface area contributed by atoms with Gasteiger partial charge in [-0.3, -0.25) is 15.0 Å². The second kappa shape index (κ2) is 13.2. The topological polar surface area (TPSA) is 105 Å². The molecule has 2 N–H and O–H groups in total. The van der Waals surface area contributed by atoms with Crippen molar-refractivity contribution in [3.05, 3.63) is 89.7 Å². The minimum Gasteiger partial charge on any atom is -0.406 e. The molecule has 9 nitrogen and oxygen atoms in total. The van der Waals surface area contributed by atoms with Crippen molar-refractivity contribution < 1.29 is 27.8 Å². The largest absolute Gasteiger partial charge is 0.573 e. The van der Waals surface area contributed by atoms with E-state index < -0.39 is 12.7 Å². The summed E-state index contributed by atoms with van der Waals surface area (Å²) in [6.07, 6.45) is -3.91. The Hall–Kier alpha value is -4.20. The molecule has 3 aromatic carbocycles. The summed E-state index contributed by atoms with van der Waals surface area (Å²) >= 11 is 1.30. The summed E-state index contributed by atoms with van der Waals surface area (Å²) in [5, 5.41) is 18.5. The summed E-state index contributed by atoms with van der Waals surface area (Å²) in [6.45, 7) is 6.58. The van der Waals surface area contributed by atoms with E-state index in [1.807, 2.05) is 43.3 Å². The van der Waals surface area contributed by atoms with Gasteiger partial charge in [0.15, 0.2) is 11.0 Å². The van der Waals surface area contributed by atoms with Gasteiger partial charge < -0.3 is 9.84 Å². The molecule has 4 aromatic rings. The number of carbonyl (C=O) groups excluding carboxylic acids is 1. The Morgan fingerprint density at radius 1 is 1.11 bits per heavy atom.